The van der Waals surface area contributed by atoms with E-state index in [4.69, 9.17) is 5.73 Å². The minimum Gasteiger partial charge on any atom is -0.399 e. The fourth-order valence-corrected chi connectivity index (χ4v) is 2.31. The van der Waals surface area contributed by atoms with Crippen LogP contribution in [-0.4, -0.2) is 18.5 Å². The number of anilines is 1. The normalized spacial score (nSPS) is 18.4. The van der Waals surface area contributed by atoms with E-state index < -0.39 is 0 Å². The maximum absolute atomic E-state index is 5.82. The average Bonchev–Trinajstić information content (AvgIpc) is 2.22. The third-order valence-corrected chi connectivity index (χ3v) is 3.83. The Morgan fingerprint density at radius 2 is 2.19 bits per heavy atom. The van der Waals surface area contributed by atoms with Gasteiger partial charge in [-0.2, -0.15) is 0 Å². The summed E-state index contributed by atoms with van der Waals surface area (Å²) in [7, 11) is 2.21. The smallest absolute Gasteiger partial charge is 0.0317 e. The Kier molecular flexibility index (Phi) is 3.49. The summed E-state index contributed by atoms with van der Waals surface area (Å²) < 4.78 is 0. The van der Waals surface area contributed by atoms with Crippen molar-refractivity contribution in [2.45, 2.75) is 32.2 Å². The molecular weight excluding hydrogens is 196 g/mol. The molecule has 1 aliphatic rings. The number of nitrogen functional groups attached to an aromatic ring is 1. The van der Waals surface area contributed by atoms with Crippen molar-refractivity contribution in [3.63, 3.8) is 0 Å². The van der Waals surface area contributed by atoms with Crippen LogP contribution in [0.15, 0.2) is 24.3 Å². The summed E-state index contributed by atoms with van der Waals surface area (Å²) in [6, 6.07) is 8.70. The van der Waals surface area contributed by atoms with Gasteiger partial charge in [0.2, 0.25) is 0 Å². The zero-order valence-electron chi connectivity index (χ0n) is 10.3. The van der Waals surface area contributed by atoms with E-state index in [1.165, 1.54) is 31.4 Å². The molecule has 1 atom stereocenters. The lowest BCUT2D eigenvalue weighted by atomic mass is 9.85. The first-order valence-electron chi connectivity index (χ1n) is 6.22. The van der Waals surface area contributed by atoms with E-state index >= 15 is 0 Å². The lowest BCUT2D eigenvalue weighted by Crippen LogP contribution is -2.31. The number of nitrogens with two attached hydrogens (primary N) is 1. The van der Waals surface area contributed by atoms with E-state index in [0.29, 0.717) is 6.04 Å². The van der Waals surface area contributed by atoms with Gasteiger partial charge in [-0.05, 0) is 50.4 Å². The number of benzene rings is 1. The predicted octanol–water partition coefficient (Wildman–Crippen LogP) is 3.06. The maximum atomic E-state index is 5.82. The molecule has 1 aliphatic carbocycles. The van der Waals surface area contributed by atoms with Gasteiger partial charge in [-0.25, -0.2) is 0 Å². The standard InChI is InChI=1S/C14H22N2/c1-11(13-7-4-8-14(15)9-13)16(2)10-12-5-3-6-12/h4,7-9,11-12H,3,5-6,10,15H2,1-2H3. The van der Waals surface area contributed by atoms with Crippen LogP contribution in [-0.2, 0) is 0 Å². The van der Waals surface area contributed by atoms with E-state index in [0.717, 1.165) is 11.6 Å². The van der Waals surface area contributed by atoms with Crippen LogP contribution in [0.2, 0.25) is 0 Å². The monoisotopic (exact) mass is 218 g/mol. The third kappa shape index (κ3) is 2.56. The van der Waals surface area contributed by atoms with Crippen molar-refractivity contribution in [2.24, 2.45) is 5.92 Å². The second kappa shape index (κ2) is 4.88. The molecular formula is C14H22N2. The van der Waals surface area contributed by atoms with Gasteiger partial charge in [0.25, 0.3) is 0 Å². The Hall–Kier alpha value is -1.02. The van der Waals surface area contributed by atoms with Gasteiger partial charge < -0.3 is 5.73 Å². The van der Waals surface area contributed by atoms with Crippen LogP contribution >= 0.6 is 0 Å². The number of nitrogens with zero attached hydrogens (tertiary/aromatic N) is 1. The highest BCUT2D eigenvalue weighted by atomic mass is 15.1. The summed E-state index contributed by atoms with van der Waals surface area (Å²) in [5.41, 5.74) is 8.00. The first-order chi connectivity index (χ1) is 7.66. The summed E-state index contributed by atoms with van der Waals surface area (Å²) >= 11 is 0. The van der Waals surface area contributed by atoms with E-state index in [1.807, 2.05) is 12.1 Å². The number of hydrogen-bond acceptors (Lipinski definition) is 2. The molecule has 1 aromatic rings. The van der Waals surface area contributed by atoms with Gasteiger partial charge in [-0.3, -0.25) is 4.90 Å². The Morgan fingerprint density at radius 3 is 2.75 bits per heavy atom. The highest BCUT2D eigenvalue weighted by Gasteiger charge is 2.21. The van der Waals surface area contributed by atoms with Crippen LogP contribution in [0.4, 0.5) is 5.69 Å². The molecule has 0 bridgehead atoms. The first-order valence-corrected chi connectivity index (χ1v) is 6.22. The molecule has 1 fully saturated rings. The van der Waals surface area contributed by atoms with Crippen LogP contribution < -0.4 is 5.73 Å². The quantitative estimate of drug-likeness (QED) is 0.787. The summed E-state index contributed by atoms with van der Waals surface area (Å²) in [4.78, 5) is 2.44. The van der Waals surface area contributed by atoms with Crippen molar-refractivity contribution < 1.29 is 0 Å². The Labute approximate surface area is 98.4 Å². The topological polar surface area (TPSA) is 29.3 Å². The summed E-state index contributed by atoms with van der Waals surface area (Å²) in [5.74, 6) is 0.925. The van der Waals surface area contributed by atoms with Crippen LogP contribution in [0.3, 0.4) is 0 Å². The van der Waals surface area contributed by atoms with Gasteiger partial charge in [-0.1, -0.05) is 18.6 Å². The Bertz CT molecular complexity index is 344. The molecule has 2 rings (SSSR count). The lowest BCUT2D eigenvalue weighted by molar-refractivity contribution is 0.170. The van der Waals surface area contributed by atoms with Crippen LogP contribution in [0.25, 0.3) is 0 Å². The first kappa shape index (κ1) is 11.5. The van der Waals surface area contributed by atoms with Crippen molar-refractivity contribution >= 4 is 5.69 Å². The molecule has 0 aliphatic heterocycles. The molecule has 0 aromatic heterocycles. The van der Waals surface area contributed by atoms with Crippen molar-refractivity contribution in [3.05, 3.63) is 29.8 Å². The van der Waals surface area contributed by atoms with E-state index in [9.17, 15) is 0 Å². The van der Waals surface area contributed by atoms with Gasteiger partial charge in [0.1, 0.15) is 0 Å². The molecule has 2 nitrogen and oxygen atoms in total. The molecule has 1 saturated carbocycles. The third-order valence-electron chi connectivity index (χ3n) is 3.83. The summed E-state index contributed by atoms with van der Waals surface area (Å²) in [5, 5.41) is 0. The molecule has 0 saturated heterocycles. The second-order valence-corrected chi connectivity index (χ2v) is 5.08. The van der Waals surface area contributed by atoms with Gasteiger partial charge >= 0.3 is 0 Å². The number of rotatable bonds is 4. The summed E-state index contributed by atoms with van der Waals surface area (Å²) in [6.07, 6.45) is 4.24. The SMILES string of the molecule is CC(c1cccc(N)c1)N(C)CC1CCC1. The Balaban J connectivity index is 1.97. The number of hydrogen-bond donors (Lipinski definition) is 1. The minimum atomic E-state index is 0.462. The van der Waals surface area contributed by atoms with Crippen LogP contribution in [0, 0.1) is 5.92 Å². The Morgan fingerprint density at radius 1 is 1.44 bits per heavy atom. The maximum Gasteiger partial charge on any atom is 0.0317 e. The van der Waals surface area contributed by atoms with Crippen molar-refractivity contribution in [3.8, 4) is 0 Å². The minimum absolute atomic E-state index is 0.462. The second-order valence-electron chi connectivity index (χ2n) is 5.08. The van der Waals surface area contributed by atoms with Crippen LogP contribution in [0.1, 0.15) is 37.8 Å². The molecule has 2 N–H and O–H groups in total. The molecule has 0 amide bonds. The van der Waals surface area contributed by atoms with E-state index in [2.05, 4.69) is 31.0 Å². The lowest BCUT2D eigenvalue weighted by Gasteiger charge is -2.33. The van der Waals surface area contributed by atoms with E-state index in [-0.39, 0.29) is 0 Å². The molecule has 1 unspecified atom stereocenters. The van der Waals surface area contributed by atoms with Crippen molar-refractivity contribution in [2.75, 3.05) is 19.3 Å². The molecule has 88 valence electrons. The summed E-state index contributed by atoms with van der Waals surface area (Å²) in [6.45, 7) is 3.48. The fourth-order valence-electron chi connectivity index (χ4n) is 2.31. The molecule has 1 aromatic carbocycles. The molecule has 0 heterocycles. The van der Waals surface area contributed by atoms with Crippen LogP contribution in [0.5, 0.6) is 0 Å². The highest BCUT2D eigenvalue weighted by Crippen LogP contribution is 2.29. The zero-order valence-corrected chi connectivity index (χ0v) is 10.3. The predicted molar refractivity (Wildman–Crippen MR) is 69.2 cm³/mol. The van der Waals surface area contributed by atoms with E-state index in [1.54, 1.807) is 0 Å². The van der Waals surface area contributed by atoms with Gasteiger partial charge in [0.15, 0.2) is 0 Å². The molecule has 0 spiro atoms. The fraction of sp³-hybridized carbons (Fsp3) is 0.571. The zero-order chi connectivity index (χ0) is 11.5. The molecule has 16 heavy (non-hydrogen) atoms. The average molecular weight is 218 g/mol. The van der Waals surface area contributed by atoms with Gasteiger partial charge in [0, 0.05) is 18.3 Å². The van der Waals surface area contributed by atoms with Gasteiger partial charge in [-0.15, -0.1) is 0 Å². The highest BCUT2D eigenvalue weighted by molar-refractivity contribution is 5.41. The molecule has 0 radical (unpaired) electrons. The van der Waals surface area contributed by atoms with Crippen molar-refractivity contribution in [1.82, 2.24) is 4.90 Å². The van der Waals surface area contributed by atoms with Gasteiger partial charge in [0.05, 0.1) is 0 Å². The van der Waals surface area contributed by atoms with Crippen molar-refractivity contribution in [1.29, 1.82) is 0 Å². The molecule has 2 heteroatoms. The largest absolute Gasteiger partial charge is 0.399 e.